The summed E-state index contributed by atoms with van der Waals surface area (Å²) in [7, 11) is 0. The molecule has 16 heavy (non-hydrogen) atoms. The fraction of sp³-hybridized carbons (Fsp3) is 0.571. The number of hydrogen-bond acceptors (Lipinski definition) is 1. The minimum Gasteiger partial charge on any atom is -0.317 e. The molecule has 1 aromatic rings. The van der Waals surface area contributed by atoms with E-state index in [1.54, 1.807) is 12.1 Å². The number of piperidine rings is 1. The Morgan fingerprint density at radius 2 is 1.94 bits per heavy atom. The van der Waals surface area contributed by atoms with Gasteiger partial charge in [-0.1, -0.05) is 24.6 Å². The van der Waals surface area contributed by atoms with Crippen LogP contribution in [0.5, 0.6) is 0 Å². The van der Waals surface area contributed by atoms with Gasteiger partial charge >= 0.3 is 0 Å². The topological polar surface area (TPSA) is 12.0 Å². The number of hydrogen-bond donors (Lipinski definition) is 1. The number of benzene rings is 1. The summed E-state index contributed by atoms with van der Waals surface area (Å²) in [6.45, 7) is 2.31. The first-order chi connectivity index (χ1) is 7.86. The number of nitrogens with one attached hydrogen (secondary N) is 1. The molecule has 1 aliphatic rings. The summed E-state index contributed by atoms with van der Waals surface area (Å²) >= 11 is 0. The molecule has 2 heteroatoms. The van der Waals surface area contributed by atoms with E-state index in [1.165, 1.54) is 19.3 Å². The van der Waals surface area contributed by atoms with E-state index in [9.17, 15) is 4.39 Å². The van der Waals surface area contributed by atoms with E-state index in [1.807, 2.05) is 12.1 Å². The summed E-state index contributed by atoms with van der Waals surface area (Å²) in [5, 5.41) is 3.37. The number of halogens is 1. The molecule has 2 rings (SSSR count). The van der Waals surface area contributed by atoms with E-state index in [0.29, 0.717) is 0 Å². The van der Waals surface area contributed by atoms with Gasteiger partial charge in [0.1, 0.15) is 5.82 Å². The molecule has 0 aliphatic carbocycles. The predicted octanol–water partition coefficient (Wildman–Crippen LogP) is 3.15. The molecule has 0 saturated carbocycles. The van der Waals surface area contributed by atoms with Crippen LogP contribution in [-0.2, 0) is 6.42 Å². The molecule has 1 heterocycles. The van der Waals surface area contributed by atoms with Gasteiger partial charge in [0.25, 0.3) is 0 Å². The lowest BCUT2D eigenvalue weighted by molar-refractivity contribution is 0.346. The Balaban J connectivity index is 1.73. The first kappa shape index (κ1) is 11.6. The maximum atomic E-state index is 13.3. The summed E-state index contributed by atoms with van der Waals surface area (Å²) in [6, 6.07) is 7.13. The second-order valence-electron chi connectivity index (χ2n) is 4.68. The minimum absolute atomic E-state index is 0.0483. The van der Waals surface area contributed by atoms with Crippen molar-refractivity contribution in [1.82, 2.24) is 5.32 Å². The third-order valence-electron chi connectivity index (χ3n) is 3.48. The van der Waals surface area contributed by atoms with Crippen molar-refractivity contribution in [3.05, 3.63) is 35.6 Å². The molecule has 1 nitrogen and oxygen atoms in total. The van der Waals surface area contributed by atoms with Crippen molar-refractivity contribution in [1.29, 1.82) is 0 Å². The molecule has 0 bridgehead atoms. The third kappa shape index (κ3) is 3.31. The monoisotopic (exact) mass is 221 g/mol. The van der Waals surface area contributed by atoms with Crippen LogP contribution in [0.4, 0.5) is 4.39 Å². The summed E-state index contributed by atoms with van der Waals surface area (Å²) in [6.07, 6.45) is 5.83. The average Bonchev–Trinajstić information content (AvgIpc) is 2.33. The van der Waals surface area contributed by atoms with Crippen LogP contribution >= 0.6 is 0 Å². The lowest BCUT2D eigenvalue weighted by Gasteiger charge is -2.22. The Kier molecular flexibility index (Phi) is 4.34. The van der Waals surface area contributed by atoms with E-state index >= 15 is 0 Å². The Morgan fingerprint density at radius 1 is 1.19 bits per heavy atom. The first-order valence-corrected chi connectivity index (χ1v) is 6.30. The van der Waals surface area contributed by atoms with Gasteiger partial charge < -0.3 is 5.32 Å². The van der Waals surface area contributed by atoms with Crippen LogP contribution in [0, 0.1) is 11.7 Å². The van der Waals surface area contributed by atoms with Crippen molar-refractivity contribution in [2.75, 3.05) is 13.1 Å². The maximum Gasteiger partial charge on any atom is 0.126 e. The molecule has 1 N–H and O–H groups in total. The van der Waals surface area contributed by atoms with E-state index in [0.717, 1.165) is 37.4 Å². The quantitative estimate of drug-likeness (QED) is 0.823. The Morgan fingerprint density at radius 3 is 2.69 bits per heavy atom. The largest absolute Gasteiger partial charge is 0.317 e. The second-order valence-corrected chi connectivity index (χ2v) is 4.68. The molecule has 0 unspecified atom stereocenters. The molecule has 0 amide bonds. The van der Waals surface area contributed by atoms with Crippen LogP contribution < -0.4 is 5.32 Å². The molecule has 0 atom stereocenters. The molecule has 88 valence electrons. The fourth-order valence-electron chi connectivity index (χ4n) is 2.45. The minimum atomic E-state index is -0.0483. The highest BCUT2D eigenvalue weighted by Gasteiger charge is 2.12. The van der Waals surface area contributed by atoms with Crippen LogP contribution in [0.2, 0.25) is 0 Å². The maximum absolute atomic E-state index is 13.3. The molecule has 1 fully saturated rings. The third-order valence-corrected chi connectivity index (χ3v) is 3.48. The van der Waals surface area contributed by atoms with Gasteiger partial charge in [0.15, 0.2) is 0 Å². The molecule has 0 radical (unpaired) electrons. The highest BCUT2D eigenvalue weighted by molar-refractivity contribution is 5.17. The van der Waals surface area contributed by atoms with Crippen molar-refractivity contribution in [3.63, 3.8) is 0 Å². The summed E-state index contributed by atoms with van der Waals surface area (Å²) in [5.74, 6) is 0.806. The summed E-state index contributed by atoms with van der Waals surface area (Å²) in [5.41, 5.74) is 0.872. The summed E-state index contributed by atoms with van der Waals surface area (Å²) in [4.78, 5) is 0. The van der Waals surface area contributed by atoms with Gasteiger partial charge in [0, 0.05) is 0 Å². The summed E-state index contributed by atoms with van der Waals surface area (Å²) < 4.78 is 13.3. The van der Waals surface area contributed by atoms with Crippen molar-refractivity contribution < 1.29 is 4.39 Å². The molecule has 0 spiro atoms. The molecule has 1 aliphatic heterocycles. The van der Waals surface area contributed by atoms with Crippen molar-refractivity contribution in [3.8, 4) is 0 Å². The smallest absolute Gasteiger partial charge is 0.126 e. The van der Waals surface area contributed by atoms with Gasteiger partial charge in [0.2, 0.25) is 0 Å². The molecule has 1 aromatic carbocycles. The highest BCUT2D eigenvalue weighted by Crippen LogP contribution is 2.19. The van der Waals surface area contributed by atoms with E-state index in [-0.39, 0.29) is 5.82 Å². The zero-order valence-corrected chi connectivity index (χ0v) is 9.71. The molecule has 1 saturated heterocycles. The van der Waals surface area contributed by atoms with Crippen LogP contribution in [0.1, 0.15) is 31.2 Å². The van der Waals surface area contributed by atoms with E-state index in [4.69, 9.17) is 0 Å². The van der Waals surface area contributed by atoms with E-state index < -0.39 is 0 Å². The van der Waals surface area contributed by atoms with Gasteiger partial charge in [-0.3, -0.25) is 0 Å². The number of aryl methyl sites for hydroxylation is 1. The highest BCUT2D eigenvalue weighted by atomic mass is 19.1. The zero-order valence-electron chi connectivity index (χ0n) is 9.71. The predicted molar refractivity (Wildman–Crippen MR) is 64.9 cm³/mol. The average molecular weight is 221 g/mol. The SMILES string of the molecule is Fc1ccccc1CCCC1CCNCC1. The van der Waals surface area contributed by atoms with Gasteiger partial charge in [-0.15, -0.1) is 0 Å². The normalized spacial score (nSPS) is 17.6. The lowest BCUT2D eigenvalue weighted by Crippen LogP contribution is -2.27. The standard InChI is InChI=1S/C14H20FN/c15-14-7-2-1-5-13(14)6-3-4-12-8-10-16-11-9-12/h1-2,5,7,12,16H,3-4,6,8-11H2. The van der Waals surface area contributed by atoms with Crippen LogP contribution in [0.3, 0.4) is 0 Å². The van der Waals surface area contributed by atoms with Crippen molar-refractivity contribution >= 4 is 0 Å². The van der Waals surface area contributed by atoms with Gasteiger partial charge in [-0.05, 0) is 56.3 Å². The molecular formula is C14H20FN. The van der Waals surface area contributed by atoms with Crippen LogP contribution in [0.15, 0.2) is 24.3 Å². The molecule has 0 aromatic heterocycles. The first-order valence-electron chi connectivity index (χ1n) is 6.30. The zero-order chi connectivity index (χ0) is 11.2. The van der Waals surface area contributed by atoms with Gasteiger partial charge in [-0.2, -0.15) is 0 Å². The van der Waals surface area contributed by atoms with Crippen LogP contribution in [0.25, 0.3) is 0 Å². The molecular weight excluding hydrogens is 201 g/mol. The lowest BCUT2D eigenvalue weighted by atomic mass is 9.91. The van der Waals surface area contributed by atoms with Crippen molar-refractivity contribution in [2.45, 2.75) is 32.1 Å². The van der Waals surface area contributed by atoms with E-state index in [2.05, 4.69) is 5.32 Å². The number of rotatable bonds is 4. The Labute approximate surface area is 97.1 Å². The van der Waals surface area contributed by atoms with Crippen molar-refractivity contribution in [2.24, 2.45) is 5.92 Å². The fourth-order valence-corrected chi connectivity index (χ4v) is 2.45. The van der Waals surface area contributed by atoms with Crippen LogP contribution in [-0.4, -0.2) is 13.1 Å². The Bertz CT molecular complexity index is 318. The van der Waals surface area contributed by atoms with Gasteiger partial charge in [-0.25, -0.2) is 4.39 Å². The van der Waals surface area contributed by atoms with Gasteiger partial charge in [0.05, 0.1) is 0 Å². The second kappa shape index (κ2) is 6.00. The Hall–Kier alpha value is -0.890.